The number of carbonyl (C=O) groups excluding carboxylic acids is 1. The zero-order chi connectivity index (χ0) is 16.8. The molecule has 1 fully saturated rings. The number of rotatable bonds is 6. The Morgan fingerprint density at radius 2 is 2.21 bits per heavy atom. The van der Waals surface area contributed by atoms with Gasteiger partial charge in [-0.3, -0.25) is 4.79 Å². The topological polar surface area (TPSA) is 71.3 Å². The summed E-state index contributed by atoms with van der Waals surface area (Å²) in [5.41, 5.74) is 0.927. The first-order valence-electron chi connectivity index (χ1n) is 8.67. The Hall–Kier alpha value is -2.37. The van der Waals surface area contributed by atoms with Crippen molar-refractivity contribution in [1.29, 1.82) is 0 Å². The van der Waals surface area contributed by atoms with E-state index in [2.05, 4.69) is 20.4 Å². The number of amides is 1. The highest BCUT2D eigenvalue weighted by molar-refractivity contribution is 5.75. The van der Waals surface area contributed by atoms with E-state index in [4.69, 9.17) is 4.52 Å². The van der Waals surface area contributed by atoms with Gasteiger partial charge in [-0.15, -0.1) is 0 Å². The number of hydrogen-bond acceptors (Lipinski definition) is 5. The molecule has 0 spiro atoms. The van der Waals surface area contributed by atoms with Crippen LogP contribution in [0.25, 0.3) is 11.5 Å². The number of piperidine rings is 1. The SMILES string of the molecule is CCCC(=O)NCC1CCCN(c2noc(-c3ccccc3)n2)C1. The Morgan fingerprint density at radius 3 is 3.00 bits per heavy atom. The van der Waals surface area contributed by atoms with E-state index >= 15 is 0 Å². The molecule has 1 aliphatic heterocycles. The van der Waals surface area contributed by atoms with Gasteiger partial charge in [-0.05, 0) is 42.5 Å². The molecule has 6 heteroatoms. The standard InChI is InChI=1S/C18H24N4O2/c1-2-7-16(23)19-12-14-8-6-11-22(13-14)18-20-17(24-21-18)15-9-4-3-5-10-15/h3-5,9-10,14H,2,6-8,11-13H2,1H3,(H,19,23). The molecule has 1 atom stereocenters. The molecule has 1 aromatic heterocycles. The molecule has 1 saturated heterocycles. The number of nitrogens with zero attached hydrogens (tertiary/aromatic N) is 3. The van der Waals surface area contributed by atoms with Crippen molar-refractivity contribution in [3.05, 3.63) is 30.3 Å². The fraction of sp³-hybridized carbons (Fsp3) is 0.500. The second-order valence-electron chi connectivity index (χ2n) is 6.27. The van der Waals surface area contributed by atoms with Crippen LogP contribution < -0.4 is 10.2 Å². The molecule has 1 aliphatic rings. The first-order chi connectivity index (χ1) is 11.8. The predicted octanol–water partition coefficient (Wildman–Crippen LogP) is 2.87. The molecule has 2 aromatic rings. The number of nitrogens with one attached hydrogen (secondary N) is 1. The van der Waals surface area contributed by atoms with Crippen LogP contribution in [0.15, 0.2) is 34.9 Å². The summed E-state index contributed by atoms with van der Waals surface area (Å²) < 4.78 is 5.40. The quantitative estimate of drug-likeness (QED) is 0.883. The van der Waals surface area contributed by atoms with E-state index in [1.807, 2.05) is 37.3 Å². The molecule has 1 aromatic carbocycles. The van der Waals surface area contributed by atoms with Gasteiger partial charge < -0.3 is 14.7 Å². The van der Waals surface area contributed by atoms with Gasteiger partial charge in [-0.25, -0.2) is 0 Å². The smallest absolute Gasteiger partial charge is 0.266 e. The molecule has 6 nitrogen and oxygen atoms in total. The molecule has 0 bridgehead atoms. The van der Waals surface area contributed by atoms with Crippen LogP contribution >= 0.6 is 0 Å². The van der Waals surface area contributed by atoms with Crippen molar-refractivity contribution in [2.75, 3.05) is 24.5 Å². The summed E-state index contributed by atoms with van der Waals surface area (Å²) in [6.07, 6.45) is 3.67. The van der Waals surface area contributed by atoms with Crippen molar-refractivity contribution in [3.63, 3.8) is 0 Å². The summed E-state index contributed by atoms with van der Waals surface area (Å²) in [6, 6.07) is 9.78. The van der Waals surface area contributed by atoms with Crippen LogP contribution in [-0.2, 0) is 4.79 Å². The number of benzene rings is 1. The van der Waals surface area contributed by atoms with Crippen molar-refractivity contribution in [3.8, 4) is 11.5 Å². The van der Waals surface area contributed by atoms with Gasteiger partial charge in [0.2, 0.25) is 5.91 Å². The van der Waals surface area contributed by atoms with Gasteiger partial charge in [0.05, 0.1) is 0 Å². The number of hydrogen-bond donors (Lipinski definition) is 1. The fourth-order valence-corrected chi connectivity index (χ4v) is 3.03. The molecular formula is C18H24N4O2. The van der Waals surface area contributed by atoms with E-state index < -0.39 is 0 Å². The third kappa shape index (κ3) is 4.13. The summed E-state index contributed by atoms with van der Waals surface area (Å²) in [7, 11) is 0. The Morgan fingerprint density at radius 1 is 1.38 bits per heavy atom. The minimum absolute atomic E-state index is 0.139. The second kappa shape index (κ2) is 7.95. The van der Waals surface area contributed by atoms with Gasteiger partial charge >= 0.3 is 0 Å². The molecular weight excluding hydrogens is 304 g/mol. The predicted molar refractivity (Wildman–Crippen MR) is 92.6 cm³/mol. The maximum absolute atomic E-state index is 11.6. The van der Waals surface area contributed by atoms with E-state index in [0.29, 0.717) is 24.2 Å². The van der Waals surface area contributed by atoms with Crippen LogP contribution in [-0.4, -0.2) is 35.7 Å². The van der Waals surface area contributed by atoms with E-state index in [9.17, 15) is 4.79 Å². The normalized spacial score (nSPS) is 17.7. The number of aromatic nitrogens is 2. The van der Waals surface area contributed by atoms with Crippen molar-refractivity contribution in [1.82, 2.24) is 15.5 Å². The Bertz CT molecular complexity index is 656. The van der Waals surface area contributed by atoms with E-state index in [1.54, 1.807) is 0 Å². The number of carbonyl (C=O) groups is 1. The molecule has 1 unspecified atom stereocenters. The third-order valence-corrected chi connectivity index (χ3v) is 4.30. The summed E-state index contributed by atoms with van der Waals surface area (Å²) in [4.78, 5) is 18.3. The van der Waals surface area contributed by atoms with Gasteiger partial charge in [0, 0.05) is 31.6 Å². The van der Waals surface area contributed by atoms with Crippen LogP contribution in [0.1, 0.15) is 32.6 Å². The summed E-state index contributed by atoms with van der Waals surface area (Å²) in [6.45, 7) is 4.51. The van der Waals surface area contributed by atoms with Crippen molar-refractivity contribution in [2.45, 2.75) is 32.6 Å². The Labute approximate surface area is 142 Å². The molecule has 0 radical (unpaired) electrons. The summed E-state index contributed by atoms with van der Waals surface area (Å²) in [5, 5.41) is 7.15. The van der Waals surface area contributed by atoms with Gasteiger partial charge in [0.25, 0.3) is 11.8 Å². The molecule has 1 amide bonds. The molecule has 2 heterocycles. The lowest BCUT2D eigenvalue weighted by Crippen LogP contribution is -2.41. The van der Waals surface area contributed by atoms with Crippen LogP contribution in [0.5, 0.6) is 0 Å². The van der Waals surface area contributed by atoms with Crippen LogP contribution in [0.4, 0.5) is 5.95 Å². The van der Waals surface area contributed by atoms with Crippen LogP contribution in [0.2, 0.25) is 0 Å². The maximum Gasteiger partial charge on any atom is 0.266 e. The maximum atomic E-state index is 11.6. The Balaban J connectivity index is 1.59. The highest BCUT2D eigenvalue weighted by Crippen LogP contribution is 2.24. The lowest BCUT2D eigenvalue weighted by atomic mass is 9.98. The first-order valence-corrected chi connectivity index (χ1v) is 8.67. The molecule has 0 saturated carbocycles. The molecule has 128 valence electrons. The minimum atomic E-state index is 0.139. The lowest BCUT2D eigenvalue weighted by molar-refractivity contribution is -0.121. The van der Waals surface area contributed by atoms with Gasteiger partial charge in [0.15, 0.2) is 0 Å². The van der Waals surface area contributed by atoms with Crippen LogP contribution in [0.3, 0.4) is 0 Å². The highest BCUT2D eigenvalue weighted by atomic mass is 16.5. The molecule has 0 aliphatic carbocycles. The molecule has 3 rings (SSSR count). The van der Waals surface area contributed by atoms with Gasteiger partial charge in [-0.1, -0.05) is 25.1 Å². The monoisotopic (exact) mass is 328 g/mol. The summed E-state index contributed by atoms with van der Waals surface area (Å²) in [5.74, 6) is 1.75. The third-order valence-electron chi connectivity index (χ3n) is 4.30. The fourth-order valence-electron chi connectivity index (χ4n) is 3.03. The zero-order valence-electron chi connectivity index (χ0n) is 14.1. The Kier molecular flexibility index (Phi) is 5.46. The highest BCUT2D eigenvalue weighted by Gasteiger charge is 2.24. The van der Waals surface area contributed by atoms with Crippen molar-refractivity contribution >= 4 is 11.9 Å². The summed E-state index contributed by atoms with van der Waals surface area (Å²) >= 11 is 0. The molecule has 1 N–H and O–H groups in total. The van der Waals surface area contributed by atoms with E-state index in [1.165, 1.54) is 0 Å². The lowest BCUT2D eigenvalue weighted by Gasteiger charge is -2.31. The van der Waals surface area contributed by atoms with E-state index in [-0.39, 0.29) is 5.91 Å². The largest absolute Gasteiger partial charge is 0.356 e. The molecule has 24 heavy (non-hydrogen) atoms. The first kappa shape index (κ1) is 16.5. The average molecular weight is 328 g/mol. The van der Waals surface area contributed by atoms with Gasteiger partial charge in [0.1, 0.15) is 0 Å². The minimum Gasteiger partial charge on any atom is -0.356 e. The van der Waals surface area contributed by atoms with Crippen molar-refractivity contribution < 1.29 is 9.32 Å². The zero-order valence-corrected chi connectivity index (χ0v) is 14.1. The van der Waals surface area contributed by atoms with Crippen LogP contribution in [0, 0.1) is 5.92 Å². The number of anilines is 1. The average Bonchev–Trinajstić information content (AvgIpc) is 3.11. The van der Waals surface area contributed by atoms with E-state index in [0.717, 1.165) is 44.5 Å². The van der Waals surface area contributed by atoms with Gasteiger partial charge in [-0.2, -0.15) is 4.98 Å². The van der Waals surface area contributed by atoms with Crippen molar-refractivity contribution in [2.24, 2.45) is 5.92 Å². The second-order valence-corrected chi connectivity index (χ2v) is 6.27.